The second kappa shape index (κ2) is 5.97. The Balaban J connectivity index is 2.32. The number of aromatic nitrogens is 2. The summed E-state index contributed by atoms with van der Waals surface area (Å²) >= 11 is 0. The van der Waals surface area contributed by atoms with Crippen LogP contribution >= 0.6 is 0 Å². The number of methoxy groups -OCH3 is 1. The lowest BCUT2D eigenvalue weighted by Gasteiger charge is -2.13. The highest BCUT2D eigenvalue weighted by Crippen LogP contribution is 2.40. The Morgan fingerprint density at radius 1 is 1.43 bits per heavy atom. The molecule has 0 aromatic carbocycles. The van der Waals surface area contributed by atoms with Gasteiger partial charge in [-0.25, -0.2) is 13.6 Å². The van der Waals surface area contributed by atoms with Crippen molar-refractivity contribution in [2.45, 2.75) is 45.0 Å². The van der Waals surface area contributed by atoms with Gasteiger partial charge in [0.25, 0.3) is 0 Å². The number of ether oxygens (including phenoxy) is 2. The summed E-state index contributed by atoms with van der Waals surface area (Å²) in [7, 11) is 0.996. The largest absolute Gasteiger partial charge is 0.573 e. The first-order valence-corrected chi connectivity index (χ1v) is 6.81. The minimum absolute atomic E-state index is 0.109. The first-order valence-electron chi connectivity index (χ1n) is 6.81. The predicted molar refractivity (Wildman–Crippen MR) is 67.3 cm³/mol. The normalized spacial score (nSPS) is 20.6. The molecule has 5 nitrogen and oxygen atoms in total. The zero-order valence-electron chi connectivity index (χ0n) is 12.4. The fourth-order valence-corrected chi connectivity index (χ4v) is 2.67. The van der Waals surface area contributed by atoms with Gasteiger partial charge in [-0.1, -0.05) is 0 Å². The van der Waals surface area contributed by atoms with Crippen molar-refractivity contribution < 1.29 is 36.2 Å². The highest BCUT2D eigenvalue weighted by molar-refractivity contribution is 5.91. The molecule has 0 radical (unpaired) electrons. The third-order valence-electron chi connectivity index (χ3n) is 3.61. The molecule has 1 saturated carbocycles. The van der Waals surface area contributed by atoms with E-state index in [4.69, 9.17) is 0 Å². The number of esters is 1. The average molecular weight is 342 g/mol. The average Bonchev–Trinajstić information content (AvgIpc) is 2.88. The van der Waals surface area contributed by atoms with Crippen LogP contribution in [-0.2, 0) is 11.3 Å². The maximum absolute atomic E-state index is 13.2. The fraction of sp³-hybridized carbons (Fsp3) is 0.692. The molecule has 1 heterocycles. The van der Waals surface area contributed by atoms with E-state index in [1.54, 1.807) is 0 Å². The van der Waals surface area contributed by atoms with Crippen molar-refractivity contribution >= 4 is 5.97 Å². The summed E-state index contributed by atoms with van der Waals surface area (Å²) in [5.41, 5.74) is -0.704. The van der Waals surface area contributed by atoms with Crippen LogP contribution in [-0.4, -0.2) is 35.1 Å². The zero-order valence-corrected chi connectivity index (χ0v) is 12.4. The van der Waals surface area contributed by atoms with Gasteiger partial charge < -0.3 is 9.47 Å². The minimum Gasteiger partial charge on any atom is -0.464 e. The lowest BCUT2D eigenvalue weighted by Crippen LogP contribution is -2.21. The van der Waals surface area contributed by atoms with Gasteiger partial charge in [-0.05, 0) is 19.3 Å². The molecule has 0 N–H and O–H groups in total. The molecule has 10 heteroatoms. The number of halogens is 5. The zero-order chi connectivity index (χ0) is 17.4. The van der Waals surface area contributed by atoms with Gasteiger partial charge in [0.2, 0.25) is 5.92 Å². The van der Waals surface area contributed by atoms with Crippen LogP contribution in [0.3, 0.4) is 0 Å². The van der Waals surface area contributed by atoms with Gasteiger partial charge >= 0.3 is 12.3 Å². The highest BCUT2D eigenvalue weighted by atomic mass is 19.4. The molecule has 1 aliphatic carbocycles. The molecule has 1 fully saturated rings. The van der Waals surface area contributed by atoms with Gasteiger partial charge in [0.05, 0.1) is 7.11 Å². The van der Waals surface area contributed by atoms with Gasteiger partial charge in [0, 0.05) is 19.4 Å². The fourth-order valence-electron chi connectivity index (χ4n) is 2.67. The van der Waals surface area contributed by atoms with E-state index >= 15 is 0 Å². The molecule has 130 valence electrons. The van der Waals surface area contributed by atoms with E-state index in [-0.39, 0.29) is 25.1 Å². The lowest BCUT2D eigenvalue weighted by molar-refractivity contribution is -0.275. The topological polar surface area (TPSA) is 53.4 Å². The standard InChI is InChI=1S/C13H15F5N2O3/c1-7-10(23-13(16,17)18)9(11(21)22-2)20(19-7)6-8-3-4-12(14,15)5-8/h8H,3-6H2,1-2H3. The van der Waals surface area contributed by atoms with E-state index in [0.29, 0.717) is 0 Å². The van der Waals surface area contributed by atoms with E-state index in [1.807, 2.05) is 0 Å². The van der Waals surface area contributed by atoms with Crippen LogP contribution in [0.2, 0.25) is 0 Å². The van der Waals surface area contributed by atoms with Crippen LogP contribution in [0, 0.1) is 12.8 Å². The Hall–Kier alpha value is -1.87. The summed E-state index contributed by atoms with van der Waals surface area (Å²) in [5.74, 6) is -5.14. The lowest BCUT2D eigenvalue weighted by atomic mass is 10.1. The molecule has 1 unspecified atom stereocenters. The first-order chi connectivity index (χ1) is 10.5. The smallest absolute Gasteiger partial charge is 0.464 e. The molecule has 1 aromatic rings. The summed E-state index contributed by atoms with van der Waals surface area (Å²) in [6.07, 6.45) is -5.51. The molecular weight excluding hydrogens is 327 g/mol. The minimum atomic E-state index is -5.01. The Labute approximate surface area is 128 Å². The van der Waals surface area contributed by atoms with E-state index in [9.17, 15) is 26.7 Å². The number of alkyl halides is 5. The van der Waals surface area contributed by atoms with Crippen LogP contribution < -0.4 is 4.74 Å². The molecule has 0 aliphatic heterocycles. The number of aryl methyl sites for hydroxylation is 1. The molecule has 0 bridgehead atoms. The summed E-state index contributed by atoms with van der Waals surface area (Å²) in [6.45, 7) is 1.12. The maximum atomic E-state index is 13.2. The third kappa shape index (κ3) is 4.11. The number of carbonyl (C=O) groups is 1. The Morgan fingerprint density at radius 3 is 2.57 bits per heavy atom. The van der Waals surface area contributed by atoms with Crippen LogP contribution in [0.15, 0.2) is 0 Å². The predicted octanol–water partition coefficient (Wildman–Crippen LogP) is 3.31. The van der Waals surface area contributed by atoms with Gasteiger partial charge in [0.15, 0.2) is 11.4 Å². The molecular formula is C13H15F5N2O3. The van der Waals surface area contributed by atoms with E-state index in [0.717, 1.165) is 11.8 Å². The van der Waals surface area contributed by atoms with Crippen LogP contribution in [0.5, 0.6) is 5.75 Å². The quantitative estimate of drug-likeness (QED) is 0.622. The van der Waals surface area contributed by atoms with Crippen LogP contribution in [0.25, 0.3) is 0 Å². The van der Waals surface area contributed by atoms with Gasteiger partial charge in [-0.15, -0.1) is 13.2 Å². The van der Waals surface area contributed by atoms with Crippen molar-refractivity contribution in [2.24, 2.45) is 5.92 Å². The van der Waals surface area contributed by atoms with Crippen LogP contribution in [0.4, 0.5) is 22.0 Å². The van der Waals surface area contributed by atoms with Crippen molar-refractivity contribution in [2.75, 3.05) is 7.11 Å². The Bertz CT molecular complexity index is 597. The summed E-state index contributed by atoms with van der Waals surface area (Å²) in [5, 5.41) is 3.82. The maximum Gasteiger partial charge on any atom is 0.573 e. The van der Waals surface area contributed by atoms with Crippen molar-refractivity contribution in [3.8, 4) is 5.75 Å². The van der Waals surface area contributed by atoms with Crippen molar-refractivity contribution in [1.29, 1.82) is 0 Å². The van der Waals surface area contributed by atoms with Crippen LogP contribution in [0.1, 0.15) is 35.4 Å². The van der Waals surface area contributed by atoms with Crippen molar-refractivity contribution in [3.63, 3.8) is 0 Å². The number of hydrogen-bond acceptors (Lipinski definition) is 4. The molecule has 0 spiro atoms. The monoisotopic (exact) mass is 342 g/mol. The van der Waals surface area contributed by atoms with Crippen molar-refractivity contribution in [1.82, 2.24) is 9.78 Å². The number of rotatable bonds is 4. The SMILES string of the molecule is COC(=O)c1c(OC(F)(F)F)c(C)nn1CC1CCC(F)(F)C1. The van der Waals surface area contributed by atoms with Crippen molar-refractivity contribution in [3.05, 3.63) is 11.4 Å². The Kier molecular flexibility index (Phi) is 4.54. The molecule has 0 amide bonds. The van der Waals surface area contributed by atoms with E-state index in [1.165, 1.54) is 6.92 Å². The van der Waals surface area contributed by atoms with E-state index in [2.05, 4.69) is 14.6 Å². The van der Waals surface area contributed by atoms with Gasteiger partial charge in [-0.3, -0.25) is 4.68 Å². The van der Waals surface area contributed by atoms with E-state index < -0.39 is 42.0 Å². The summed E-state index contributed by atoms with van der Waals surface area (Å²) in [6, 6.07) is 0. The first kappa shape index (κ1) is 17.5. The molecule has 1 aliphatic rings. The second-order valence-electron chi connectivity index (χ2n) is 5.45. The second-order valence-corrected chi connectivity index (χ2v) is 5.45. The van der Waals surface area contributed by atoms with Gasteiger partial charge in [0.1, 0.15) is 5.69 Å². The Morgan fingerprint density at radius 2 is 2.09 bits per heavy atom. The van der Waals surface area contributed by atoms with Gasteiger partial charge in [-0.2, -0.15) is 5.10 Å². The molecule has 23 heavy (non-hydrogen) atoms. The summed E-state index contributed by atoms with van der Waals surface area (Å²) < 4.78 is 73.1. The summed E-state index contributed by atoms with van der Waals surface area (Å²) in [4.78, 5) is 11.8. The third-order valence-corrected chi connectivity index (χ3v) is 3.61. The molecule has 1 atom stereocenters. The molecule has 1 aromatic heterocycles. The highest BCUT2D eigenvalue weighted by Gasteiger charge is 2.41. The number of nitrogens with zero attached hydrogens (tertiary/aromatic N) is 2. The molecule has 0 saturated heterocycles. The molecule has 2 rings (SSSR count). The number of hydrogen-bond donors (Lipinski definition) is 0. The number of carbonyl (C=O) groups excluding carboxylic acids is 1.